The number of hydrogen-bond acceptors (Lipinski definition) is 6. The molecule has 6 atom stereocenters. The first kappa shape index (κ1) is 28.8. The molecule has 6 nitrogen and oxygen atoms in total. The monoisotopic (exact) mass is 446 g/mol. The van der Waals surface area contributed by atoms with Crippen molar-refractivity contribution in [2.75, 3.05) is 6.61 Å². The number of hydrogen-bond donors (Lipinski definition) is 5. The molecule has 0 aromatic rings. The molecule has 0 bridgehead atoms. The SMILES string of the molecule is CCCCCCCCCCCCCC[C@@H](O)CCCC[C@H]1O[C@H](CO)[C@H](O)[C@H](O)[C@H]1O. The molecular weight excluding hydrogens is 396 g/mol. The quantitative estimate of drug-likeness (QED) is 0.193. The highest BCUT2D eigenvalue weighted by molar-refractivity contribution is 4.91. The van der Waals surface area contributed by atoms with E-state index in [9.17, 15) is 25.5 Å². The number of aliphatic hydroxyl groups is 5. The predicted octanol–water partition coefficient (Wildman–Crippen LogP) is 3.84. The van der Waals surface area contributed by atoms with Crippen LogP contribution in [0.5, 0.6) is 0 Å². The van der Waals surface area contributed by atoms with Crippen LogP contribution in [0.15, 0.2) is 0 Å². The van der Waals surface area contributed by atoms with Gasteiger partial charge in [0.15, 0.2) is 0 Å². The topological polar surface area (TPSA) is 110 Å². The van der Waals surface area contributed by atoms with Gasteiger partial charge in [0.2, 0.25) is 0 Å². The van der Waals surface area contributed by atoms with Crippen molar-refractivity contribution in [3.05, 3.63) is 0 Å². The first-order valence-electron chi connectivity index (χ1n) is 13.0. The van der Waals surface area contributed by atoms with Crippen molar-refractivity contribution < 1.29 is 30.3 Å². The average molecular weight is 447 g/mol. The predicted molar refractivity (Wildman–Crippen MR) is 124 cm³/mol. The Morgan fingerprint density at radius 3 is 1.58 bits per heavy atom. The minimum Gasteiger partial charge on any atom is -0.394 e. The zero-order valence-corrected chi connectivity index (χ0v) is 19.8. The van der Waals surface area contributed by atoms with E-state index < -0.39 is 30.5 Å². The maximum absolute atomic E-state index is 10.2. The number of unbranched alkanes of at least 4 members (excludes halogenated alkanes) is 12. The van der Waals surface area contributed by atoms with Crippen molar-refractivity contribution in [2.45, 2.75) is 153 Å². The van der Waals surface area contributed by atoms with Gasteiger partial charge in [0.1, 0.15) is 24.4 Å². The molecule has 186 valence electrons. The third-order valence-corrected chi connectivity index (χ3v) is 6.66. The molecule has 6 heteroatoms. The Hall–Kier alpha value is -0.240. The molecule has 0 aromatic heterocycles. The summed E-state index contributed by atoms with van der Waals surface area (Å²) in [6, 6.07) is 0. The Morgan fingerprint density at radius 2 is 1.06 bits per heavy atom. The van der Waals surface area contributed by atoms with E-state index in [1.165, 1.54) is 70.6 Å². The highest BCUT2D eigenvalue weighted by Gasteiger charge is 2.42. The average Bonchev–Trinajstić information content (AvgIpc) is 2.77. The van der Waals surface area contributed by atoms with Gasteiger partial charge in [-0.05, 0) is 19.3 Å². The summed E-state index contributed by atoms with van der Waals surface area (Å²) >= 11 is 0. The molecule has 0 radical (unpaired) electrons. The molecule has 0 aromatic carbocycles. The Balaban J connectivity index is 1.94. The normalized spacial score (nSPS) is 27.5. The number of aliphatic hydroxyl groups excluding tert-OH is 5. The summed E-state index contributed by atoms with van der Waals surface area (Å²) in [4.78, 5) is 0. The molecular formula is C25H50O6. The van der Waals surface area contributed by atoms with E-state index in [1.807, 2.05) is 0 Å². The van der Waals surface area contributed by atoms with E-state index in [0.717, 1.165) is 32.1 Å². The van der Waals surface area contributed by atoms with Crippen molar-refractivity contribution in [1.29, 1.82) is 0 Å². The van der Waals surface area contributed by atoms with Crippen molar-refractivity contribution >= 4 is 0 Å². The summed E-state index contributed by atoms with van der Waals surface area (Å²) in [6.45, 7) is 1.87. The van der Waals surface area contributed by atoms with Crippen LogP contribution in [0.25, 0.3) is 0 Å². The maximum Gasteiger partial charge on any atom is 0.111 e. The summed E-state index contributed by atoms with van der Waals surface area (Å²) in [5, 5.41) is 49.1. The fourth-order valence-electron chi connectivity index (χ4n) is 4.51. The van der Waals surface area contributed by atoms with E-state index in [0.29, 0.717) is 6.42 Å². The third kappa shape index (κ3) is 12.5. The van der Waals surface area contributed by atoms with Gasteiger partial charge >= 0.3 is 0 Å². The van der Waals surface area contributed by atoms with Crippen molar-refractivity contribution in [2.24, 2.45) is 0 Å². The van der Waals surface area contributed by atoms with Gasteiger partial charge in [0, 0.05) is 0 Å². The van der Waals surface area contributed by atoms with Gasteiger partial charge in [0.05, 0.1) is 18.8 Å². The zero-order chi connectivity index (χ0) is 22.9. The van der Waals surface area contributed by atoms with Crippen molar-refractivity contribution in [1.82, 2.24) is 0 Å². The van der Waals surface area contributed by atoms with Gasteiger partial charge in [-0.1, -0.05) is 96.8 Å². The molecule has 0 spiro atoms. The van der Waals surface area contributed by atoms with E-state index in [1.54, 1.807) is 0 Å². The standard InChI is InChI=1S/C25H50O6/c1-2-3-4-5-6-7-8-9-10-11-12-13-16-20(27)17-14-15-18-21-23(28)25(30)24(29)22(19-26)31-21/h20-30H,2-19H2,1H3/t20-,21-,22-,23+,24+,25-/m1/s1. The molecule has 0 aliphatic carbocycles. The number of ether oxygens (including phenoxy) is 1. The fraction of sp³-hybridized carbons (Fsp3) is 1.00. The highest BCUT2D eigenvalue weighted by Crippen LogP contribution is 2.25. The van der Waals surface area contributed by atoms with Gasteiger partial charge in [-0.3, -0.25) is 0 Å². The van der Waals surface area contributed by atoms with Crippen LogP contribution in [0.4, 0.5) is 0 Å². The van der Waals surface area contributed by atoms with Crippen LogP contribution < -0.4 is 0 Å². The Morgan fingerprint density at radius 1 is 0.613 bits per heavy atom. The van der Waals surface area contributed by atoms with E-state index in [2.05, 4.69) is 6.92 Å². The first-order valence-corrected chi connectivity index (χ1v) is 13.0. The summed E-state index contributed by atoms with van der Waals surface area (Å²) < 4.78 is 5.51. The van der Waals surface area contributed by atoms with E-state index in [4.69, 9.17) is 4.74 Å². The molecule has 1 aliphatic heterocycles. The van der Waals surface area contributed by atoms with E-state index in [-0.39, 0.29) is 12.7 Å². The Bertz CT molecular complexity index is 405. The molecule has 0 saturated carbocycles. The molecule has 31 heavy (non-hydrogen) atoms. The molecule has 5 N–H and O–H groups in total. The number of rotatable bonds is 19. The van der Waals surface area contributed by atoms with E-state index >= 15 is 0 Å². The third-order valence-electron chi connectivity index (χ3n) is 6.66. The Labute approximate surface area is 190 Å². The van der Waals surface area contributed by atoms with Crippen LogP contribution in [0, 0.1) is 0 Å². The van der Waals surface area contributed by atoms with Crippen LogP contribution >= 0.6 is 0 Å². The molecule has 1 rings (SSSR count). The van der Waals surface area contributed by atoms with Crippen LogP contribution in [0.1, 0.15) is 116 Å². The van der Waals surface area contributed by atoms with Crippen LogP contribution in [0.3, 0.4) is 0 Å². The lowest BCUT2D eigenvalue weighted by molar-refractivity contribution is -0.230. The van der Waals surface area contributed by atoms with Crippen LogP contribution in [-0.4, -0.2) is 68.8 Å². The lowest BCUT2D eigenvalue weighted by atomic mass is 9.92. The van der Waals surface area contributed by atoms with Gasteiger partial charge in [-0.25, -0.2) is 0 Å². The summed E-state index contributed by atoms with van der Waals surface area (Å²) in [7, 11) is 0. The second-order valence-electron chi connectivity index (χ2n) is 9.48. The van der Waals surface area contributed by atoms with Crippen LogP contribution in [0.2, 0.25) is 0 Å². The first-order chi connectivity index (χ1) is 15.0. The Kier molecular flexibility index (Phi) is 16.9. The molecule has 1 aliphatic rings. The molecule has 0 unspecified atom stereocenters. The second kappa shape index (κ2) is 18.2. The smallest absolute Gasteiger partial charge is 0.111 e. The van der Waals surface area contributed by atoms with Gasteiger partial charge in [0.25, 0.3) is 0 Å². The minimum absolute atomic E-state index is 0.280. The van der Waals surface area contributed by atoms with Gasteiger partial charge in [-0.15, -0.1) is 0 Å². The summed E-state index contributed by atoms with van der Waals surface area (Å²) in [5.74, 6) is 0. The fourth-order valence-corrected chi connectivity index (χ4v) is 4.51. The minimum atomic E-state index is -1.30. The lowest BCUT2D eigenvalue weighted by Crippen LogP contribution is -2.58. The summed E-state index contributed by atoms with van der Waals surface area (Å²) in [5.41, 5.74) is 0. The summed E-state index contributed by atoms with van der Waals surface area (Å²) in [6.07, 6.45) is 14.1. The molecule has 0 amide bonds. The second-order valence-corrected chi connectivity index (χ2v) is 9.48. The van der Waals surface area contributed by atoms with Gasteiger partial charge in [-0.2, -0.15) is 0 Å². The molecule has 1 saturated heterocycles. The maximum atomic E-state index is 10.2. The zero-order valence-electron chi connectivity index (χ0n) is 19.8. The highest BCUT2D eigenvalue weighted by atomic mass is 16.5. The van der Waals surface area contributed by atoms with Gasteiger partial charge < -0.3 is 30.3 Å². The molecule has 1 heterocycles. The van der Waals surface area contributed by atoms with Crippen molar-refractivity contribution in [3.8, 4) is 0 Å². The van der Waals surface area contributed by atoms with Crippen molar-refractivity contribution in [3.63, 3.8) is 0 Å². The molecule has 1 fully saturated rings. The largest absolute Gasteiger partial charge is 0.394 e. The lowest BCUT2D eigenvalue weighted by Gasteiger charge is -2.40. The van der Waals surface area contributed by atoms with Crippen LogP contribution in [-0.2, 0) is 4.74 Å².